The van der Waals surface area contributed by atoms with Gasteiger partial charge in [-0.15, -0.1) is 0 Å². The summed E-state index contributed by atoms with van der Waals surface area (Å²) in [5.74, 6) is -8.12. The van der Waals surface area contributed by atoms with Gasteiger partial charge in [-0.3, -0.25) is 57.7 Å². The number of aromatic nitrogens is 3. The van der Waals surface area contributed by atoms with Crippen molar-refractivity contribution >= 4 is 81.8 Å². The van der Waals surface area contributed by atoms with Crippen LogP contribution in [-0.4, -0.2) is 184 Å². The third-order valence-corrected chi connectivity index (χ3v) is 14.3. The molecule has 0 unspecified atom stereocenters. The van der Waals surface area contributed by atoms with Gasteiger partial charge < -0.3 is 89.8 Å². The SMILES string of the molecule is COc1ccc(C[C@H](NC(=O)[C@H](CO)NC(=O)[C@H](Cc2c[nH]c3ccccc23)NC(=O)[C@H](Cc2cnc[nH]2)NC(=O)[C@@H]2CCC(=O)N2)C(=O)NCC(=O)N[C@@H](CC(C)C)C(=O)N[C@@H](CCCN=C(N)N)C(=O)N2CCC[C@H]2C(=O)NCC(N)=O)cc1. The van der Waals surface area contributed by atoms with Crippen molar-refractivity contribution in [3.8, 4) is 5.75 Å². The van der Waals surface area contributed by atoms with E-state index in [0.717, 1.165) is 5.52 Å². The number of nitrogens with one attached hydrogen (secondary N) is 11. The second-order valence-corrected chi connectivity index (χ2v) is 21.3. The van der Waals surface area contributed by atoms with E-state index in [-0.39, 0.29) is 88.7 Å². The molecule has 2 fully saturated rings. The number of nitrogens with zero attached hydrogens (tertiary/aromatic N) is 3. The van der Waals surface area contributed by atoms with Crippen molar-refractivity contribution in [3.05, 3.63) is 84.1 Å². The largest absolute Gasteiger partial charge is 0.497 e. The number of fused-ring (bicyclic) bond motifs is 1. The molecular weight excluding hydrogens is 1120 g/mol. The van der Waals surface area contributed by atoms with E-state index in [1.165, 1.54) is 24.5 Å². The monoisotopic (exact) mass is 1200 g/mol. The van der Waals surface area contributed by atoms with Crippen LogP contribution >= 0.6 is 0 Å². The van der Waals surface area contributed by atoms with E-state index in [1.807, 2.05) is 0 Å². The van der Waals surface area contributed by atoms with E-state index < -0.39 is 127 Å². The number of H-pyrrole nitrogens is 2. The number of aromatic amines is 2. The summed E-state index contributed by atoms with van der Waals surface area (Å²) < 4.78 is 5.28. The fourth-order valence-corrected chi connectivity index (χ4v) is 9.92. The van der Waals surface area contributed by atoms with E-state index in [0.29, 0.717) is 34.4 Å². The fourth-order valence-electron chi connectivity index (χ4n) is 9.92. The lowest BCUT2D eigenvalue weighted by molar-refractivity contribution is -0.142. The summed E-state index contributed by atoms with van der Waals surface area (Å²) >= 11 is 0. The van der Waals surface area contributed by atoms with Crippen LogP contribution in [0.25, 0.3) is 10.9 Å². The molecule has 30 nitrogen and oxygen atoms in total. The molecule has 86 heavy (non-hydrogen) atoms. The number of guanidine groups is 1. The van der Waals surface area contributed by atoms with Gasteiger partial charge in [-0.25, -0.2) is 4.98 Å². The maximum Gasteiger partial charge on any atom is 0.245 e. The summed E-state index contributed by atoms with van der Waals surface area (Å²) in [4.78, 5) is 164. The first-order valence-corrected chi connectivity index (χ1v) is 28.2. The first kappa shape index (κ1) is 65.5. The highest BCUT2D eigenvalue weighted by Gasteiger charge is 2.39. The fraction of sp³-hybridized carbons (Fsp3) is 0.482. The number of imidazole rings is 1. The molecule has 4 heterocycles. The van der Waals surface area contributed by atoms with Gasteiger partial charge in [0.1, 0.15) is 54.1 Å². The summed E-state index contributed by atoms with van der Waals surface area (Å²) in [5, 5.41) is 34.7. The Kier molecular flexibility index (Phi) is 24.3. The third-order valence-electron chi connectivity index (χ3n) is 14.3. The molecule has 0 aliphatic carbocycles. The van der Waals surface area contributed by atoms with Gasteiger partial charge in [-0.05, 0) is 73.8 Å². The van der Waals surface area contributed by atoms with Gasteiger partial charge in [0.15, 0.2) is 5.96 Å². The molecule has 464 valence electrons. The summed E-state index contributed by atoms with van der Waals surface area (Å²) in [7, 11) is 1.46. The Morgan fingerprint density at radius 2 is 1.41 bits per heavy atom. The Morgan fingerprint density at radius 1 is 0.744 bits per heavy atom. The average molecular weight is 1200 g/mol. The Labute approximate surface area is 494 Å². The van der Waals surface area contributed by atoms with Crippen molar-refractivity contribution < 1.29 is 62.6 Å². The number of aliphatic hydroxyl groups is 1. The number of likely N-dealkylation sites (tertiary alicyclic amines) is 1. The zero-order chi connectivity index (χ0) is 62.5. The number of para-hydroxylation sites is 1. The van der Waals surface area contributed by atoms with Crippen molar-refractivity contribution in [2.75, 3.05) is 39.9 Å². The van der Waals surface area contributed by atoms with E-state index in [4.69, 9.17) is 21.9 Å². The molecule has 30 heteroatoms. The first-order chi connectivity index (χ1) is 41.1. The lowest BCUT2D eigenvalue weighted by Gasteiger charge is -2.30. The zero-order valence-corrected chi connectivity index (χ0v) is 48.1. The maximum absolute atomic E-state index is 14.5. The number of aliphatic hydroxyl groups excluding tert-OH is 1. The predicted octanol–water partition coefficient (Wildman–Crippen LogP) is -4.08. The molecule has 2 aromatic heterocycles. The van der Waals surface area contributed by atoms with Crippen LogP contribution < -0.4 is 69.8 Å². The van der Waals surface area contributed by atoms with Crippen LogP contribution in [0, 0.1) is 5.92 Å². The van der Waals surface area contributed by atoms with Crippen LogP contribution in [0.1, 0.15) is 75.6 Å². The number of ether oxygens (including phenoxy) is 1. The molecule has 2 saturated heterocycles. The number of benzene rings is 2. The molecule has 4 aromatic rings. The summed E-state index contributed by atoms with van der Waals surface area (Å²) in [6.45, 7) is 1.69. The van der Waals surface area contributed by atoms with Crippen LogP contribution in [0.5, 0.6) is 5.75 Å². The number of hydrogen-bond acceptors (Lipinski definition) is 15. The van der Waals surface area contributed by atoms with E-state index >= 15 is 0 Å². The predicted molar refractivity (Wildman–Crippen MR) is 310 cm³/mol. The summed E-state index contributed by atoms with van der Waals surface area (Å²) in [5.41, 5.74) is 18.5. The highest BCUT2D eigenvalue weighted by Crippen LogP contribution is 2.22. The third kappa shape index (κ3) is 19.5. The van der Waals surface area contributed by atoms with Gasteiger partial charge in [0.05, 0.1) is 33.1 Å². The zero-order valence-electron chi connectivity index (χ0n) is 48.1. The maximum atomic E-state index is 14.5. The minimum absolute atomic E-state index is 0.0227. The number of nitrogens with two attached hydrogens (primary N) is 3. The molecule has 6 rings (SSSR count). The normalized spacial score (nSPS) is 16.7. The molecular formula is C56H77N17O13. The van der Waals surface area contributed by atoms with Crippen LogP contribution in [0.4, 0.5) is 0 Å². The second-order valence-electron chi connectivity index (χ2n) is 21.3. The van der Waals surface area contributed by atoms with Crippen molar-refractivity contribution in [2.24, 2.45) is 28.1 Å². The van der Waals surface area contributed by atoms with Crippen LogP contribution in [0.3, 0.4) is 0 Å². The van der Waals surface area contributed by atoms with Gasteiger partial charge in [0, 0.05) is 67.8 Å². The van der Waals surface area contributed by atoms with Crippen molar-refractivity contribution in [1.29, 1.82) is 0 Å². The number of carbonyl (C=O) groups is 11. The Hall–Kier alpha value is -9.61. The number of primary amides is 1. The smallest absolute Gasteiger partial charge is 0.245 e. The lowest BCUT2D eigenvalue weighted by atomic mass is 10.0. The van der Waals surface area contributed by atoms with Gasteiger partial charge in [-0.2, -0.15) is 0 Å². The minimum Gasteiger partial charge on any atom is -0.497 e. The van der Waals surface area contributed by atoms with Gasteiger partial charge in [-0.1, -0.05) is 44.2 Å². The van der Waals surface area contributed by atoms with Crippen molar-refractivity contribution in [2.45, 2.75) is 126 Å². The summed E-state index contributed by atoms with van der Waals surface area (Å²) in [6.07, 6.45) is 5.39. The molecule has 0 saturated carbocycles. The van der Waals surface area contributed by atoms with E-state index in [1.54, 1.807) is 68.6 Å². The Balaban J connectivity index is 1.17. The molecule has 8 atom stereocenters. The molecule has 2 aliphatic heterocycles. The van der Waals surface area contributed by atoms with E-state index in [2.05, 4.69) is 67.8 Å². The second kappa shape index (κ2) is 31.9. The number of rotatable bonds is 32. The average Bonchev–Trinajstić information content (AvgIpc) is 3.94. The highest BCUT2D eigenvalue weighted by molar-refractivity contribution is 5.99. The molecule has 0 spiro atoms. The Bertz CT molecular complexity index is 3070. The van der Waals surface area contributed by atoms with Crippen LogP contribution in [-0.2, 0) is 72.0 Å². The number of hydrogen-bond donors (Lipinski definition) is 15. The van der Waals surface area contributed by atoms with Crippen molar-refractivity contribution in [1.82, 2.24) is 67.7 Å². The topological polar surface area (TPSA) is 464 Å². The lowest BCUT2D eigenvalue weighted by Crippen LogP contribution is -2.60. The molecule has 0 radical (unpaired) electrons. The quantitative estimate of drug-likeness (QED) is 0.0126. The number of amides is 11. The van der Waals surface area contributed by atoms with Crippen LogP contribution in [0.2, 0.25) is 0 Å². The number of aliphatic imine (C=N–C) groups is 1. The molecule has 18 N–H and O–H groups in total. The number of methoxy groups -OCH3 is 1. The first-order valence-electron chi connectivity index (χ1n) is 28.2. The molecule has 11 amide bonds. The molecule has 0 bridgehead atoms. The minimum atomic E-state index is -1.74. The van der Waals surface area contributed by atoms with Gasteiger partial charge in [0.25, 0.3) is 0 Å². The van der Waals surface area contributed by atoms with Gasteiger partial charge in [0.2, 0.25) is 65.0 Å². The molecule has 2 aromatic carbocycles. The summed E-state index contributed by atoms with van der Waals surface area (Å²) in [6, 6.07) is 3.38. The standard InChI is InChI=1S/C56H77N17O13/c1-30(2)20-39(50(80)68-38(10-6-18-61-56(58)59)55(85)73-19-7-11-44(73)54(84)63-26-45(57)75)67-47(77)27-64-48(78)40(21-31-12-14-34(86-3)15-13-31)69-53(83)43(28-74)72-51(81)41(22-32-24-62-36-9-5-4-8-35(32)36)70-52(82)42(23-33-25-60-29-65-33)71-49(79)37-16-17-46(76)66-37/h4-5,8-9,12-15,24-25,29-30,37-44,62,74H,6-7,10-11,16-23,26-28H2,1-3H3,(H2,57,75)(H,60,65)(H,63,84)(H,64,78)(H,66,76)(H,67,77)(H,68,80)(H,69,83)(H,70,82)(H,71,79)(H,72,81)(H4,58,59,61)/t37-,38-,39-,40-,41-,42-,43-,44-/m0/s1. The highest BCUT2D eigenvalue weighted by atomic mass is 16.5. The van der Waals surface area contributed by atoms with Crippen LogP contribution in [0.15, 0.2) is 72.2 Å². The van der Waals surface area contributed by atoms with E-state index in [9.17, 15) is 57.8 Å². The Morgan fingerprint density at radius 3 is 2.05 bits per heavy atom. The van der Waals surface area contributed by atoms with Gasteiger partial charge >= 0.3 is 0 Å². The molecule has 2 aliphatic rings. The number of carbonyl (C=O) groups excluding carboxylic acids is 11. The van der Waals surface area contributed by atoms with Crippen molar-refractivity contribution in [3.63, 3.8) is 0 Å².